The van der Waals surface area contributed by atoms with E-state index in [1.165, 1.54) is 16.0 Å². The number of aromatic nitrogens is 1. The fraction of sp³-hybridized carbons (Fsp3) is 0.267. The van der Waals surface area contributed by atoms with Gasteiger partial charge in [0.25, 0.3) is 0 Å². The molecule has 0 bridgehead atoms. The summed E-state index contributed by atoms with van der Waals surface area (Å²) in [7, 11) is 1.96. The lowest BCUT2D eigenvalue weighted by molar-refractivity contribution is 0.817. The van der Waals surface area contributed by atoms with Gasteiger partial charge in [-0.1, -0.05) is 23.9 Å². The van der Waals surface area contributed by atoms with Crippen LogP contribution in [0.15, 0.2) is 46.3 Å². The van der Waals surface area contributed by atoms with Gasteiger partial charge in [0.05, 0.1) is 0 Å². The molecule has 2 rings (SSSR count). The van der Waals surface area contributed by atoms with Gasteiger partial charge in [-0.05, 0) is 56.3 Å². The van der Waals surface area contributed by atoms with Crippen LogP contribution in [0.4, 0.5) is 0 Å². The normalized spacial score (nSPS) is 10.6. The van der Waals surface area contributed by atoms with Crippen molar-refractivity contribution in [3.8, 4) is 0 Å². The van der Waals surface area contributed by atoms with E-state index in [-0.39, 0.29) is 0 Å². The lowest BCUT2D eigenvalue weighted by Crippen LogP contribution is -2.04. The van der Waals surface area contributed by atoms with E-state index in [0.29, 0.717) is 0 Å². The Morgan fingerprint density at radius 1 is 1.11 bits per heavy atom. The Kier molecular flexibility index (Phi) is 4.39. The van der Waals surface area contributed by atoms with Gasteiger partial charge in [-0.25, -0.2) is 4.98 Å². The van der Waals surface area contributed by atoms with E-state index < -0.39 is 0 Å². The second kappa shape index (κ2) is 6.03. The first-order valence-corrected chi connectivity index (χ1v) is 6.86. The minimum absolute atomic E-state index is 0.909. The molecule has 0 saturated carbocycles. The Labute approximate surface area is 113 Å². The van der Waals surface area contributed by atoms with Crippen LogP contribution in [0.1, 0.15) is 16.8 Å². The van der Waals surface area contributed by atoms with E-state index in [1.807, 2.05) is 14.0 Å². The van der Waals surface area contributed by atoms with Crippen molar-refractivity contribution in [1.82, 2.24) is 10.3 Å². The zero-order valence-corrected chi connectivity index (χ0v) is 11.8. The standard InChI is InChI=1S/C15H18N2S/c1-11-8-12(2)17-15(9-11)18-14-6-4-13(5-7-14)10-16-3/h4-9,16H,10H2,1-3H3. The number of nitrogens with one attached hydrogen (secondary N) is 1. The highest BCUT2D eigenvalue weighted by molar-refractivity contribution is 7.99. The number of benzene rings is 1. The van der Waals surface area contributed by atoms with Crippen LogP contribution in [0.2, 0.25) is 0 Å². The van der Waals surface area contributed by atoms with Gasteiger partial charge in [-0.2, -0.15) is 0 Å². The summed E-state index contributed by atoms with van der Waals surface area (Å²) in [6.45, 7) is 5.05. The van der Waals surface area contributed by atoms with E-state index in [4.69, 9.17) is 0 Å². The van der Waals surface area contributed by atoms with Crippen LogP contribution in [0.3, 0.4) is 0 Å². The van der Waals surface area contributed by atoms with Gasteiger partial charge in [-0.15, -0.1) is 0 Å². The Balaban J connectivity index is 2.13. The van der Waals surface area contributed by atoms with Gasteiger partial charge >= 0.3 is 0 Å². The van der Waals surface area contributed by atoms with Gasteiger partial charge in [0.2, 0.25) is 0 Å². The minimum atomic E-state index is 0.909. The molecule has 1 aromatic carbocycles. The van der Waals surface area contributed by atoms with Gasteiger partial charge in [0.1, 0.15) is 5.03 Å². The van der Waals surface area contributed by atoms with Gasteiger partial charge in [-0.3, -0.25) is 0 Å². The molecule has 0 unspecified atom stereocenters. The highest BCUT2D eigenvalue weighted by Crippen LogP contribution is 2.27. The summed E-state index contributed by atoms with van der Waals surface area (Å²) in [5.74, 6) is 0. The summed E-state index contributed by atoms with van der Waals surface area (Å²) in [5.41, 5.74) is 3.64. The average Bonchev–Trinajstić information content (AvgIpc) is 2.31. The van der Waals surface area contributed by atoms with Crippen molar-refractivity contribution in [3.63, 3.8) is 0 Å². The summed E-state index contributed by atoms with van der Waals surface area (Å²) in [6, 6.07) is 12.8. The van der Waals surface area contributed by atoms with Crippen molar-refractivity contribution in [1.29, 1.82) is 0 Å². The van der Waals surface area contributed by atoms with Crippen molar-refractivity contribution < 1.29 is 0 Å². The number of pyridine rings is 1. The quantitative estimate of drug-likeness (QED) is 0.907. The molecular weight excluding hydrogens is 240 g/mol. The SMILES string of the molecule is CNCc1ccc(Sc2cc(C)cc(C)n2)cc1. The van der Waals surface area contributed by atoms with Crippen molar-refractivity contribution in [2.75, 3.05) is 7.05 Å². The van der Waals surface area contributed by atoms with Crippen LogP contribution >= 0.6 is 11.8 Å². The molecule has 18 heavy (non-hydrogen) atoms. The molecule has 0 spiro atoms. The topological polar surface area (TPSA) is 24.9 Å². The molecule has 1 aromatic heterocycles. The van der Waals surface area contributed by atoms with Gasteiger partial charge in [0, 0.05) is 17.1 Å². The minimum Gasteiger partial charge on any atom is -0.316 e. The first kappa shape index (κ1) is 13.1. The molecule has 0 saturated heterocycles. The predicted molar refractivity (Wildman–Crippen MR) is 77.0 cm³/mol. The number of hydrogen-bond acceptors (Lipinski definition) is 3. The zero-order chi connectivity index (χ0) is 13.0. The molecule has 0 aliphatic heterocycles. The summed E-state index contributed by atoms with van der Waals surface area (Å²) in [4.78, 5) is 5.77. The maximum absolute atomic E-state index is 4.54. The van der Waals surface area contributed by atoms with Crippen molar-refractivity contribution in [2.45, 2.75) is 30.3 Å². The number of aryl methyl sites for hydroxylation is 2. The molecule has 2 nitrogen and oxygen atoms in total. The molecule has 94 valence electrons. The van der Waals surface area contributed by atoms with Crippen molar-refractivity contribution >= 4 is 11.8 Å². The molecule has 0 amide bonds. The van der Waals surface area contributed by atoms with E-state index in [9.17, 15) is 0 Å². The average molecular weight is 258 g/mol. The van der Waals surface area contributed by atoms with Gasteiger partial charge < -0.3 is 5.32 Å². The maximum Gasteiger partial charge on any atom is 0.101 e. The van der Waals surface area contributed by atoms with Crippen LogP contribution in [0.25, 0.3) is 0 Å². The van der Waals surface area contributed by atoms with E-state index >= 15 is 0 Å². The molecule has 1 N–H and O–H groups in total. The van der Waals surface area contributed by atoms with Crippen molar-refractivity contribution in [2.24, 2.45) is 0 Å². The molecular formula is C15H18N2S. The summed E-state index contributed by atoms with van der Waals surface area (Å²) >= 11 is 1.71. The van der Waals surface area contributed by atoms with Crippen LogP contribution in [-0.4, -0.2) is 12.0 Å². The lowest BCUT2D eigenvalue weighted by Gasteiger charge is -2.05. The molecule has 0 atom stereocenters. The summed E-state index contributed by atoms with van der Waals surface area (Å²) in [5, 5.41) is 4.21. The fourth-order valence-electron chi connectivity index (χ4n) is 1.86. The largest absolute Gasteiger partial charge is 0.316 e. The molecule has 3 heteroatoms. The Morgan fingerprint density at radius 2 is 1.83 bits per heavy atom. The smallest absolute Gasteiger partial charge is 0.101 e. The highest BCUT2D eigenvalue weighted by atomic mass is 32.2. The zero-order valence-electron chi connectivity index (χ0n) is 11.0. The molecule has 0 fully saturated rings. The molecule has 0 aliphatic carbocycles. The predicted octanol–water partition coefficient (Wildman–Crippen LogP) is 3.57. The second-order valence-electron chi connectivity index (χ2n) is 4.40. The Hall–Kier alpha value is -1.32. The Morgan fingerprint density at radius 3 is 2.44 bits per heavy atom. The van der Waals surface area contributed by atoms with E-state index in [1.54, 1.807) is 11.8 Å². The third kappa shape index (κ3) is 3.59. The number of rotatable bonds is 4. The van der Waals surface area contributed by atoms with Crippen LogP contribution in [0, 0.1) is 13.8 Å². The summed E-state index contributed by atoms with van der Waals surface area (Å²) < 4.78 is 0. The molecule has 0 aliphatic rings. The van der Waals surface area contributed by atoms with Crippen LogP contribution in [-0.2, 0) is 6.54 Å². The highest BCUT2D eigenvalue weighted by Gasteiger charge is 2.01. The maximum atomic E-state index is 4.54. The number of nitrogens with zero attached hydrogens (tertiary/aromatic N) is 1. The molecule has 1 heterocycles. The second-order valence-corrected chi connectivity index (χ2v) is 5.49. The van der Waals surface area contributed by atoms with Crippen LogP contribution < -0.4 is 5.32 Å². The third-order valence-corrected chi connectivity index (χ3v) is 3.53. The first-order valence-electron chi connectivity index (χ1n) is 6.04. The lowest BCUT2D eigenvalue weighted by atomic mass is 10.2. The van der Waals surface area contributed by atoms with Crippen molar-refractivity contribution in [3.05, 3.63) is 53.2 Å². The number of hydrogen-bond donors (Lipinski definition) is 1. The first-order chi connectivity index (χ1) is 8.67. The molecule has 0 radical (unpaired) electrons. The van der Waals surface area contributed by atoms with E-state index in [2.05, 4.69) is 53.6 Å². The summed E-state index contributed by atoms with van der Waals surface area (Å²) in [6.07, 6.45) is 0. The molecule has 2 aromatic rings. The fourth-order valence-corrected chi connectivity index (χ4v) is 2.80. The van der Waals surface area contributed by atoms with Crippen LogP contribution in [0.5, 0.6) is 0 Å². The third-order valence-electron chi connectivity index (χ3n) is 2.60. The van der Waals surface area contributed by atoms with Gasteiger partial charge in [0.15, 0.2) is 0 Å². The monoisotopic (exact) mass is 258 g/mol. The van der Waals surface area contributed by atoms with E-state index in [0.717, 1.165) is 17.3 Å². The Bertz CT molecular complexity index is 500.